The number of nitrogens with two attached hydrogens (primary N) is 1. The van der Waals surface area contributed by atoms with E-state index in [1.165, 1.54) is 16.4 Å². The van der Waals surface area contributed by atoms with Crippen LogP contribution in [0.1, 0.15) is 27.7 Å². The number of carbonyl (C=O) groups excluding carboxylic acids is 1. The van der Waals surface area contributed by atoms with Gasteiger partial charge < -0.3 is 11.2 Å². The summed E-state index contributed by atoms with van der Waals surface area (Å²) in [4.78, 5) is 12.2. The SMILES string of the molecule is CC(Sc1nnc(-c2ccc(Cl)cc2Cl)n1N)C(=O)NC(C)(C)C. The Morgan fingerprint density at radius 2 is 2.00 bits per heavy atom. The number of hydrogen-bond acceptors (Lipinski definition) is 5. The van der Waals surface area contributed by atoms with Crippen molar-refractivity contribution >= 4 is 40.9 Å². The first kappa shape index (κ1) is 18.9. The van der Waals surface area contributed by atoms with Gasteiger partial charge in [0.2, 0.25) is 11.1 Å². The topological polar surface area (TPSA) is 85.8 Å². The monoisotopic (exact) mass is 387 g/mol. The van der Waals surface area contributed by atoms with Gasteiger partial charge in [-0.3, -0.25) is 4.79 Å². The second-order valence-corrected chi connectivity index (χ2v) is 8.45. The third-order valence-electron chi connectivity index (χ3n) is 2.99. The Kier molecular flexibility index (Phi) is 5.67. The Labute approximate surface area is 155 Å². The number of nitrogens with one attached hydrogen (secondary N) is 1. The molecule has 1 atom stereocenters. The van der Waals surface area contributed by atoms with Crippen LogP contribution in [0.15, 0.2) is 23.4 Å². The summed E-state index contributed by atoms with van der Waals surface area (Å²) in [5, 5.41) is 12.0. The molecule has 1 unspecified atom stereocenters. The highest BCUT2D eigenvalue weighted by Crippen LogP contribution is 2.31. The van der Waals surface area contributed by atoms with E-state index in [9.17, 15) is 4.79 Å². The summed E-state index contributed by atoms with van der Waals surface area (Å²) in [5.41, 5.74) is 0.319. The zero-order valence-electron chi connectivity index (χ0n) is 13.8. The average molecular weight is 388 g/mol. The van der Waals surface area contributed by atoms with Crippen molar-refractivity contribution < 1.29 is 4.79 Å². The summed E-state index contributed by atoms with van der Waals surface area (Å²) in [7, 11) is 0. The maximum atomic E-state index is 12.2. The lowest BCUT2D eigenvalue weighted by Gasteiger charge is -2.22. The second-order valence-electron chi connectivity index (χ2n) is 6.30. The van der Waals surface area contributed by atoms with Crippen molar-refractivity contribution in [3.63, 3.8) is 0 Å². The van der Waals surface area contributed by atoms with E-state index in [0.717, 1.165) is 0 Å². The number of thioether (sulfide) groups is 1. The van der Waals surface area contributed by atoms with Crippen molar-refractivity contribution in [3.05, 3.63) is 28.2 Å². The van der Waals surface area contributed by atoms with E-state index >= 15 is 0 Å². The fraction of sp³-hybridized carbons (Fsp3) is 0.400. The smallest absolute Gasteiger partial charge is 0.233 e. The molecule has 1 amide bonds. The molecule has 6 nitrogen and oxygen atoms in total. The molecule has 1 aromatic heterocycles. The van der Waals surface area contributed by atoms with Gasteiger partial charge in [0.25, 0.3) is 0 Å². The standard InChI is InChI=1S/C15H19Cl2N5OS/c1-8(13(23)19-15(2,3)4)24-14-21-20-12(22(14)18)10-6-5-9(16)7-11(10)17/h5-8H,18H2,1-4H3,(H,19,23). The van der Waals surface area contributed by atoms with Gasteiger partial charge in [0.05, 0.1) is 10.3 Å². The van der Waals surface area contributed by atoms with E-state index < -0.39 is 0 Å². The highest BCUT2D eigenvalue weighted by molar-refractivity contribution is 8.00. The number of aromatic nitrogens is 3. The number of hydrogen-bond donors (Lipinski definition) is 2. The van der Waals surface area contributed by atoms with Gasteiger partial charge in [-0.2, -0.15) is 0 Å². The molecule has 1 heterocycles. The van der Waals surface area contributed by atoms with Crippen LogP contribution in [0.5, 0.6) is 0 Å². The molecule has 0 aliphatic heterocycles. The maximum Gasteiger partial charge on any atom is 0.233 e. The molecule has 0 saturated heterocycles. The Morgan fingerprint density at radius 1 is 1.33 bits per heavy atom. The molecule has 0 aliphatic carbocycles. The lowest BCUT2D eigenvalue weighted by Crippen LogP contribution is -2.44. The molecule has 0 radical (unpaired) electrons. The van der Waals surface area contributed by atoms with Gasteiger partial charge in [-0.15, -0.1) is 10.2 Å². The van der Waals surface area contributed by atoms with Crippen molar-refractivity contribution in [2.45, 2.75) is 43.6 Å². The number of carbonyl (C=O) groups is 1. The van der Waals surface area contributed by atoms with Crippen LogP contribution in [0.4, 0.5) is 0 Å². The minimum absolute atomic E-state index is 0.0958. The summed E-state index contributed by atoms with van der Waals surface area (Å²) in [6.07, 6.45) is 0. The maximum absolute atomic E-state index is 12.2. The molecule has 24 heavy (non-hydrogen) atoms. The van der Waals surface area contributed by atoms with E-state index in [2.05, 4.69) is 15.5 Å². The van der Waals surface area contributed by atoms with Crippen molar-refractivity contribution in [3.8, 4) is 11.4 Å². The molecule has 2 rings (SSSR count). The minimum atomic E-state index is -0.371. The largest absolute Gasteiger partial charge is 0.351 e. The predicted molar refractivity (Wildman–Crippen MR) is 98.8 cm³/mol. The molecule has 0 spiro atoms. The normalized spacial score (nSPS) is 12.9. The van der Waals surface area contributed by atoms with Crippen molar-refractivity contribution in [1.82, 2.24) is 20.2 Å². The first-order valence-electron chi connectivity index (χ1n) is 7.23. The number of rotatable bonds is 4. The van der Waals surface area contributed by atoms with Crippen LogP contribution < -0.4 is 11.2 Å². The minimum Gasteiger partial charge on any atom is -0.351 e. The lowest BCUT2D eigenvalue weighted by molar-refractivity contribution is -0.121. The van der Waals surface area contributed by atoms with Gasteiger partial charge >= 0.3 is 0 Å². The predicted octanol–water partition coefficient (Wildman–Crippen LogP) is 3.36. The van der Waals surface area contributed by atoms with E-state index in [-0.39, 0.29) is 16.7 Å². The molecule has 0 bridgehead atoms. The summed E-state index contributed by atoms with van der Waals surface area (Å²) in [6, 6.07) is 5.03. The van der Waals surface area contributed by atoms with Gasteiger partial charge in [-0.05, 0) is 45.9 Å². The fourth-order valence-corrected chi connectivity index (χ4v) is 3.16. The van der Waals surface area contributed by atoms with Gasteiger partial charge in [0.15, 0.2) is 5.82 Å². The first-order valence-corrected chi connectivity index (χ1v) is 8.86. The molecule has 0 aliphatic rings. The van der Waals surface area contributed by atoms with Crippen LogP contribution in [0.25, 0.3) is 11.4 Å². The molecule has 0 fully saturated rings. The third-order valence-corrected chi connectivity index (χ3v) is 4.59. The number of benzene rings is 1. The Bertz CT molecular complexity index is 757. The van der Waals surface area contributed by atoms with Gasteiger partial charge in [-0.25, -0.2) is 4.68 Å². The van der Waals surface area contributed by atoms with E-state index in [0.29, 0.717) is 26.6 Å². The second kappa shape index (κ2) is 7.21. The highest BCUT2D eigenvalue weighted by atomic mass is 35.5. The van der Waals surface area contributed by atoms with Crippen molar-refractivity contribution in [1.29, 1.82) is 0 Å². The molecular formula is C15H19Cl2N5OS. The molecule has 130 valence electrons. The van der Waals surface area contributed by atoms with Crippen LogP contribution in [0.3, 0.4) is 0 Å². The molecule has 2 aromatic rings. The number of nitrogens with zero attached hydrogens (tertiary/aromatic N) is 3. The van der Waals surface area contributed by atoms with E-state index in [1.807, 2.05) is 20.8 Å². The summed E-state index contributed by atoms with van der Waals surface area (Å²) >= 11 is 13.3. The fourth-order valence-electron chi connectivity index (χ4n) is 1.89. The molecule has 9 heteroatoms. The molecular weight excluding hydrogens is 369 g/mol. The Morgan fingerprint density at radius 3 is 2.58 bits per heavy atom. The van der Waals surface area contributed by atoms with Gasteiger partial charge in [0, 0.05) is 16.1 Å². The lowest BCUT2D eigenvalue weighted by atomic mass is 10.1. The molecule has 3 N–H and O–H groups in total. The number of amides is 1. The van der Waals surface area contributed by atoms with Crippen LogP contribution in [-0.4, -0.2) is 31.6 Å². The summed E-state index contributed by atoms with van der Waals surface area (Å²) < 4.78 is 1.32. The van der Waals surface area contributed by atoms with Crippen molar-refractivity contribution in [2.24, 2.45) is 0 Å². The number of halogens is 2. The average Bonchev–Trinajstić information content (AvgIpc) is 2.78. The van der Waals surface area contributed by atoms with Gasteiger partial charge in [0.1, 0.15) is 0 Å². The zero-order valence-corrected chi connectivity index (χ0v) is 16.1. The first-order chi connectivity index (χ1) is 11.1. The van der Waals surface area contributed by atoms with Crippen LogP contribution in [0.2, 0.25) is 10.0 Å². The summed E-state index contributed by atoms with van der Waals surface area (Å²) in [5.74, 6) is 6.37. The highest BCUT2D eigenvalue weighted by Gasteiger charge is 2.23. The molecule has 0 saturated carbocycles. The molecule has 1 aromatic carbocycles. The Balaban J connectivity index is 2.19. The number of nitrogen functional groups attached to an aromatic ring is 1. The quantitative estimate of drug-likeness (QED) is 0.620. The van der Waals surface area contributed by atoms with Crippen molar-refractivity contribution in [2.75, 3.05) is 5.84 Å². The summed E-state index contributed by atoms with van der Waals surface area (Å²) in [6.45, 7) is 7.56. The van der Waals surface area contributed by atoms with E-state index in [4.69, 9.17) is 29.0 Å². The zero-order chi connectivity index (χ0) is 18.1. The van der Waals surface area contributed by atoms with Crippen LogP contribution in [0, 0.1) is 0 Å². The van der Waals surface area contributed by atoms with Crippen LogP contribution in [-0.2, 0) is 4.79 Å². The Hall–Kier alpha value is -1.44. The van der Waals surface area contributed by atoms with Gasteiger partial charge in [-0.1, -0.05) is 35.0 Å². The third kappa shape index (κ3) is 4.55. The van der Waals surface area contributed by atoms with E-state index in [1.54, 1.807) is 25.1 Å². The van der Waals surface area contributed by atoms with Crippen LogP contribution >= 0.6 is 35.0 Å².